The van der Waals surface area contributed by atoms with Gasteiger partial charge in [-0.1, -0.05) is 47.7 Å². The lowest BCUT2D eigenvalue weighted by atomic mass is 9.98. The van der Waals surface area contributed by atoms with Crippen LogP contribution in [0.5, 0.6) is 17.2 Å². The monoisotopic (exact) mass is 1050 g/mol. The Morgan fingerprint density at radius 1 is 0.770 bits per heavy atom. The van der Waals surface area contributed by atoms with Crippen LogP contribution in [-0.4, -0.2) is 105 Å². The average molecular weight is 1050 g/mol. The smallest absolute Gasteiger partial charge is 0.408 e. The summed E-state index contributed by atoms with van der Waals surface area (Å²) in [5, 5.41) is 21.3. The van der Waals surface area contributed by atoms with E-state index in [1.165, 1.54) is 38.4 Å². The molecule has 6 aromatic rings. The fourth-order valence-electron chi connectivity index (χ4n) is 7.89. The molecular weight excluding hydrogens is 993 g/mol. The van der Waals surface area contributed by atoms with Gasteiger partial charge in [-0.25, -0.2) is 41.1 Å². The lowest BCUT2D eigenvalue weighted by Crippen LogP contribution is -2.44. The van der Waals surface area contributed by atoms with Crippen molar-refractivity contribution in [3.63, 3.8) is 0 Å². The second-order valence-corrected chi connectivity index (χ2v) is 22.7. The van der Waals surface area contributed by atoms with Crippen molar-refractivity contribution in [1.82, 2.24) is 34.6 Å². The van der Waals surface area contributed by atoms with Gasteiger partial charge < -0.3 is 34.4 Å². The number of amides is 2. The maximum Gasteiger partial charge on any atom is 0.408 e. The van der Waals surface area contributed by atoms with E-state index in [9.17, 15) is 23.1 Å². The molecule has 2 amide bonds. The number of carbonyl (C=O) groups is 2. The van der Waals surface area contributed by atoms with E-state index in [0.717, 1.165) is 9.87 Å². The Hall–Kier alpha value is -7.60. The van der Waals surface area contributed by atoms with Crippen molar-refractivity contribution in [1.29, 1.82) is 0 Å². The third kappa shape index (κ3) is 12.9. The first kappa shape index (κ1) is 54.2. The van der Waals surface area contributed by atoms with Gasteiger partial charge in [-0.3, -0.25) is 10.3 Å². The van der Waals surface area contributed by atoms with Gasteiger partial charge in [-0.05, 0) is 124 Å². The molecule has 0 aliphatic carbocycles. The Morgan fingerprint density at radius 3 is 2.00 bits per heavy atom. The zero-order valence-electron chi connectivity index (χ0n) is 42.5. The molecule has 2 heterocycles. The van der Waals surface area contributed by atoms with E-state index < -0.39 is 53.2 Å². The van der Waals surface area contributed by atoms with Crippen LogP contribution in [0, 0.1) is 0 Å². The van der Waals surface area contributed by atoms with E-state index in [-0.39, 0.29) is 61.9 Å². The van der Waals surface area contributed by atoms with E-state index in [2.05, 4.69) is 30.8 Å². The quantitative estimate of drug-likeness (QED) is 0.0508. The zero-order chi connectivity index (χ0) is 53.6. The van der Waals surface area contributed by atoms with Crippen molar-refractivity contribution < 1.29 is 50.5 Å². The van der Waals surface area contributed by atoms with Crippen molar-refractivity contribution in [2.45, 2.75) is 88.7 Å². The molecule has 21 nitrogen and oxygen atoms in total. The molecule has 1 aliphatic heterocycles. The molecule has 74 heavy (non-hydrogen) atoms. The van der Waals surface area contributed by atoms with Crippen LogP contribution in [0.2, 0.25) is 0 Å². The number of rotatable bonds is 18. The van der Waals surface area contributed by atoms with Crippen LogP contribution in [0.4, 0.5) is 15.3 Å². The minimum absolute atomic E-state index is 0.0767. The van der Waals surface area contributed by atoms with Crippen LogP contribution in [-0.2, 0) is 51.0 Å². The summed E-state index contributed by atoms with van der Waals surface area (Å²) in [6.07, 6.45) is -1.93. The topological polar surface area (TPSA) is 268 Å². The number of sulfonamides is 2. The third-order valence-corrected chi connectivity index (χ3v) is 15.0. The number of aromatic amines is 1. The third-order valence-electron chi connectivity index (χ3n) is 11.5. The number of hydrogen-bond acceptors (Lipinski definition) is 15. The van der Waals surface area contributed by atoms with Gasteiger partial charge in [0.1, 0.15) is 44.2 Å². The van der Waals surface area contributed by atoms with Crippen LogP contribution < -0.4 is 29.7 Å². The number of benzene rings is 5. The number of carbonyl (C=O) groups excluding carboxylic acids is 1. The highest BCUT2D eigenvalue weighted by molar-refractivity contribution is 7.92. The van der Waals surface area contributed by atoms with Gasteiger partial charge in [0.2, 0.25) is 20.0 Å². The maximum absolute atomic E-state index is 16.3. The lowest BCUT2D eigenvalue weighted by molar-refractivity contribution is 0.0528. The number of fused-ring (bicyclic) bond motifs is 3. The number of ether oxygens (including phenoxy) is 4. The molecule has 0 radical (unpaired) electrons. The highest BCUT2D eigenvalue weighted by Gasteiger charge is 2.38. The fraction of sp³-hybridized carbons (Fsp3) is 0.333. The molecular formula is C51H60N10O11S2. The summed E-state index contributed by atoms with van der Waals surface area (Å²) in [5.74, 6) is 1.38. The summed E-state index contributed by atoms with van der Waals surface area (Å²) in [6.45, 7) is 9.35. The van der Waals surface area contributed by atoms with E-state index in [4.69, 9.17) is 28.9 Å². The Kier molecular flexibility index (Phi) is 16.3. The molecule has 0 unspecified atom stereocenters. The number of methoxy groups -OCH3 is 3. The normalized spacial score (nSPS) is 14.2. The average Bonchev–Trinajstić information content (AvgIpc) is 3.79. The highest BCUT2D eigenvalue weighted by Crippen LogP contribution is 2.40. The standard InChI is InChI=1S/C51H60N10O11S2/c1-50(2,3)61(49(63)64)31-44-55-39-21-15-35(27-40(39)56-44)38-20-23-43(73(65,66)54-25-24-52-48(62)72-51(4,5)6)46(45(38)47-57-41-26-34(28-53-59-58-47)14-22-42(41)71-9)74(67,68)60(29-32-10-16-36(69-7)17-11-32)30-33-12-18-37(70-8)19-13-33/h10-23,26-27,54H,24-25,28-31H2,1-9H3,(H,52,62)(H,55,56)(H,63,64)(H,53,57,58). The van der Waals surface area contributed by atoms with Crippen molar-refractivity contribution in [3.05, 3.63) is 125 Å². The Bertz CT molecular complexity index is 3260. The number of aliphatic imine (C=N–C) groups is 1. The van der Waals surface area contributed by atoms with Crippen LogP contribution in [0.1, 0.15) is 69.6 Å². The van der Waals surface area contributed by atoms with Gasteiger partial charge in [0.05, 0.1) is 51.0 Å². The summed E-state index contributed by atoms with van der Waals surface area (Å²) in [7, 11) is -5.43. The molecule has 2 bridgehead atoms. The number of nitrogens with zero attached hydrogens (tertiary/aromatic N) is 6. The van der Waals surface area contributed by atoms with Gasteiger partial charge in [0.25, 0.3) is 0 Å². The molecule has 392 valence electrons. The summed E-state index contributed by atoms with van der Waals surface area (Å²) in [4.78, 5) is 37.6. The van der Waals surface area contributed by atoms with Crippen molar-refractivity contribution in [2.75, 3.05) is 34.4 Å². The first-order chi connectivity index (χ1) is 35.0. The number of H-pyrrole nitrogens is 1. The van der Waals surface area contributed by atoms with Gasteiger partial charge in [0.15, 0.2) is 5.84 Å². The van der Waals surface area contributed by atoms with Gasteiger partial charge in [0, 0.05) is 31.7 Å². The molecule has 5 N–H and O–H groups in total. The summed E-state index contributed by atoms with van der Waals surface area (Å²) in [5.41, 5.74) is 4.51. The van der Waals surface area contributed by atoms with Gasteiger partial charge in [-0.15, -0.1) is 5.11 Å². The molecule has 23 heteroatoms. The second-order valence-electron chi connectivity index (χ2n) is 19.0. The Balaban J connectivity index is 1.51. The number of imidazole rings is 1. The largest absolute Gasteiger partial charge is 0.497 e. The summed E-state index contributed by atoms with van der Waals surface area (Å²) >= 11 is 0. The summed E-state index contributed by atoms with van der Waals surface area (Å²) < 4.78 is 88.1. The van der Waals surface area contributed by atoms with Crippen molar-refractivity contribution in [3.8, 4) is 28.4 Å². The number of hydrogen-bond donors (Lipinski definition) is 5. The van der Waals surface area contributed by atoms with E-state index in [1.807, 2.05) is 0 Å². The molecule has 0 saturated carbocycles. The molecule has 0 spiro atoms. The van der Waals surface area contributed by atoms with Crippen LogP contribution in [0.25, 0.3) is 22.2 Å². The zero-order valence-corrected chi connectivity index (χ0v) is 44.1. The predicted molar refractivity (Wildman–Crippen MR) is 278 cm³/mol. The van der Waals surface area contributed by atoms with Crippen molar-refractivity contribution >= 4 is 54.8 Å². The Labute approximate surface area is 430 Å². The lowest BCUT2D eigenvalue weighted by Gasteiger charge is -2.32. The minimum atomic E-state index is -5.06. The molecule has 0 saturated heterocycles. The minimum Gasteiger partial charge on any atom is -0.497 e. The van der Waals surface area contributed by atoms with Crippen LogP contribution in [0.3, 0.4) is 0 Å². The molecule has 0 atom stereocenters. The van der Waals surface area contributed by atoms with Crippen molar-refractivity contribution in [2.24, 2.45) is 15.3 Å². The molecule has 1 aliphatic rings. The molecule has 1 aromatic heterocycles. The fourth-order valence-corrected chi connectivity index (χ4v) is 11.3. The Morgan fingerprint density at radius 2 is 1.42 bits per heavy atom. The number of carboxylic acid groups (broad SMARTS) is 1. The van der Waals surface area contributed by atoms with Gasteiger partial charge >= 0.3 is 12.2 Å². The van der Waals surface area contributed by atoms with E-state index in [1.54, 1.807) is 126 Å². The van der Waals surface area contributed by atoms with Gasteiger partial charge in [-0.2, -0.15) is 4.31 Å². The van der Waals surface area contributed by atoms with E-state index >= 15 is 8.42 Å². The summed E-state index contributed by atoms with van der Waals surface area (Å²) in [6, 6.07) is 26.4. The number of nitrogens with one attached hydrogen (secondary N) is 4. The molecule has 5 aromatic carbocycles. The number of amidine groups is 1. The van der Waals surface area contributed by atoms with E-state index in [0.29, 0.717) is 50.8 Å². The first-order valence-electron chi connectivity index (χ1n) is 23.3. The molecule has 0 fully saturated rings. The first-order valence-corrected chi connectivity index (χ1v) is 26.2. The maximum atomic E-state index is 16.3. The SMILES string of the molecule is COc1ccc(CN(Cc2ccc(OC)cc2)S(=O)(=O)c2c(S(=O)(=O)NCCNC(=O)OC(C)(C)C)ccc(-c3ccc4[nH]c(CN(C(=O)O)C(C)(C)C)nc4c3)c2C2=N\c3cc(ccc3OC)CN\N=N\2)cc1. The molecule has 7 rings (SSSR count). The predicted octanol–water partition coefficient (Wildman–Crippen LogP) is 8.28. The second kappa shape index (κ2) is 22.3. The highest BCUT2D eigenvalue weighted by atomic mass is 32.2. The van der Waals surface area contributed by atoms with Crippen LogP contribution >= 0.6 is 0 Å². The number of alkyl carbamates (subject to hydrolysis) is 1. The number of aromatic nitrogens is 2. The van der Waals surface area contributed by atoms with Crippen LogP contribution in [0.15, 0.2) is 122 Å².